The molecule has 0 aliphatic carbocycles. The molecule has 86 valence electrons. The summed E-state index contributed by atoms with van der Waals surface area (Å²) in [7, 11) is 0. The summed E-state index contributed by atoms with van der Waals surface area (Å²) >= 11 is 0. The molecule has 2 aliphatic heterocycles. The lowest BCUT2D eigenvalue weighted by atomic mass is 10.1. The summed E-state index contributed by atoms with van der Waals surface area (Å²) in [5.41, 5.74) is -1.68. The fourth-order valence-electron chi connectivity index (χ4n) is 1.97. The minimum absolute atomic E-state index is 0.0214. The van der Waals surface area contributed by atoms with E-state index in [1.165, 1.54) is 0 Å². The van der Waals surface area contributed by atoms with Crippen molar-refractivity contribution in [3.63, 3.8) is 0 Å². The van der Waals surface area contributed by atoms with E-state index in [-0.39, 0.29) is 12.2 Å². The van der Waals surface area contributed by atoms with Crippen LogP contribution in [-0.4, -0.2) is 28.4 Å². The van der Waals surface area contributed by atoms with Gasteiger partial charge in [0.15, 0.2) is 0 Å². The smallest absolute Gasteiger partial charge is 0.330 e. The number of nitrogens with zero attached hydrogens (tertiary/aromatic N) is 1. The van der Waals surface area contributed by atoms with Gasteiger partial charge in [0, 0.05) is 6.42 Å². The summed E-state index contributed by atoms with van der Waals surface area (Å²) in [6, 6.07) is 0. The number of halogens is 1. The van der Waals surface area contributed by atoms with E-state index in [0.717, 1.165) is 10.8 Å². The molecule has 2 saturated heterocycles. The third kappa shape index (κ3) is 1.32. The Morgan fingerprint density at radius 1 is 1.44 bits per heavy atom. The lowest BCUT2D eigenvalue weighted by molar-refractivity contribution is -0.149. The van der Waals surface area contributed by atoms with Crippen LogP contribution in [-0.2, 0) is 9.47 Å². The maximum absolute atomic E-state index is 13.0. The Morgan fingerprint density at radius 2 is 2.25 bits per heavy atom. The van der Waals surface area contributed by atoms with E-state index >= 15 is 0 Å². The van der Waals surface area contributed by atoms with Gasteiger partial charge in [-0.15, -0.1) is 0 Å². The van der Waals surface area contributed by atoms with E-state index in [0.29, 0.717) is 13.0 Å². The molecule has 0 aromatic carbocycles. The van der Waals surface area contributed by atoms with Gasteiger partial charge in [0.25, 0.3) is 5.56 Å². The van der Waals surface area contributed by atoms with E-state index in [1.807, 2.05) is 4.98 Å². The highest BCUT2D eigenvalue weighted by atomic mass is 19.1. The molecule has 0 saturated carbocycles. The first-order chi connectivity index (χ1) is 7.65. The van der Waals surface area contributed by atoms with Crippen molar-refractivity contribution in [3.8, 4) is 0 Å². The molecular formula is C9H9FN2O4. The molecule has 1 N–H and O–H groups in total. The molecule has 7 heteroatoms. The Morgan fingerprint density at radius 3 is 2.81 bits per heavy atom. The van der Waals surface area contributed by atoms with Crippen LogP contribution in [0.1, 0.15) is 12.6 Å². The number of fused-ring (bicyclic) bond motifs is 1. The van der Waals surface area contributed by atoms with E-state index in [2.05, 4.69) is 0 Å². The highest BCUT2D eigenvalue weighted by Gasteiger charge is 2.44. The summed E-state index contributed by atoms with van der Waals surface area (Å²) in [4.78, 5) is 24.2. The SMILES string of the molecule is O=c1[nH]c(=O)n([C@@H]2C[C@@H]3OC[C@@H]3O2)cc1F. The van der Waals surface area contributed by atoms with Gasteiger partial charge in [-0.1, -0.05) is 0 Å². The molecule has 3 heterocycles. The van der Waals surface area contributed by atoms with Gasteiger partial charge < -0.3 is 9.47 Å². The number of rotatable bonds is 1. The Labute approximate surface area is 88.6 Å². The number of aromatic amines is 1. The van der Waals surface area contributed by atoms with Crippen molar-refractivity contribution >= 4 is 0 Å². The largest absolute Gasteiger partial charge is 0.372 e. The Kier molecular flexibility index (Phi) is 1.98. The Bertz CT molecular complexity index is 525. The number of aromatic nitrogens is 2. The third-order valence-corrected chi connectivity index (χ3v) is 2.89. The molecule has 0 spiro atoms. The van der Waals surface area contributed by atoms with Crippen LogP contribution in [0.25, 0.3) is 0 Å². The number of nitrogens with one attached hydrogen (secondary N) is 1. The van der Waals surface area contributed by atoms with E-state index in [1.54, 1.807) is 0 Å². The van der Waals surface area contributed by atoms with Crippen molar-refractivity contribution < 1.29 is 13.9 Å². The number of hydrogen-bond acceptors (Lipinski definition) is 4. The average molecular weight is 228 g/mol. The summed E-state index contributed by atoms with van der Waals surface area (Å²) in [6.07, 6.45) is 0.766. The van der Waals surface area contributed by atoms with Crippen molar-refractivity contribution in [3.05, 3.63) is 32.9 Å². The molecule has 0 radical (unpaired) electrons. The first-order valence-corrected chi connectivity index (χ1v) is 4.93. The fraction of sp³-hybridized carbons (Fsp3) is 0.556. The summed E-state index contributed by atoms with van der Waals surface area (Å²) in [5.74, 6) is -0.997. The zero-order chi connectivity index (χ0) is 11.3. The van der Waals surface area contributed by atoms with Crippen LogP contribution in [0.5, 0.6) is 0 Å². The minimum Gasteiger partial charge on any atom is -0.372 e. The van der Waals surface area contributed by atoms with E-state index in [4.69, 9.17) is 9.47 Å². The molecule has 16 heavy (non-hydrogen) atoms. The van der Waals surface area contributed by atoms with Crippen molar-refractivity contribution in [1.29, 1.82) is 0 Å². The molecule has 1 aromatic heterocycles. The van der Waals surface area contributed by atoms with Crippen molar-refractivity contribution in [1.82, 2.24) is 9.55 Å². The Balaban J connectivity index is 1.97. The van der Waals surface area contributed by atoms with Crippen LogP contribution in [0.3, 0.4) is 0 Å². The lowest BCUT2D eigenvalue weighted by Gasteiger charge is -2.28. The molecule has 2 fully saturated rings. The van der Waals surface area contributed by atoms with Crippen molar-refractivity contribution in [2.45, 2.75) is 24.9 Å². The van der Waals surface area contributed by atoms with Crippen LogP contribution >= 0.6 is 0 Å². The van der Waals surface area contributed by atoms with Gasteiger partial charge in [-0.05, 0) is 0 Å². The lowest BCUT2D eigenvalue weighted by Crippen LogP contribution is -2.40. The highest BCUT2D eigenvalue weighted by Crippen LogP contribution is 2.35. The predicted octanol–water partition coefficient (Wildman–Crippen LogP) is -0.638. The molecular weight excluding hydrogens is 219 g/mol. The molecule has 2 aliphatic rings. The second kappa shape index (κ2) is 3.26. The van der Waals surface area contributed by atoms with Crippen LogP contribution in [0.15, 0.2) is 15.8 Å². The molecule has 0 unspecified atom stereocenters. The van der Waals surface area contributed by atoms with Gasteiger partial charge in [-0.3, -0.25) is 14.3 Å². The van der Waals surface area contributed by atoms with Gasteiger partial charge >= 0.3 is 5.69 Å². The highest BCUT2D eigenvalue weighted by molar-refractivity contribution is 4.93. The quantitative estimate of drug-likeness (QED) is 0.694. The van der Waals surface area contributed by atoms with Crippen LogP contribution in [0, 0.1) is 5.82 Å². The standard InChI is InChI=1S/C9H9FN2O4/c10-4-2-12(9(14)11-8(4)13)7-1-5-6(16-7)3-15-5/h2,5-7H,1,3H2,(H,11,13,14)/t5-,6-,7-/m0/s1. The van der Waals surface area contributed by atoms with Crippen molar-refractivity contribution in [2.24, 2.45) is 0 Å². The first kappa shape index (κ1) is 9.73. The predicted molar refractivity (Wildman–Crippen MR) is 49.5 cm³/mol. The van der Waals surface area contributed by atoms with Gasteiger partial charge in [-0.25, -0.2) is 4.79 Å². The van der Waals surface area contributed by atoms with Crippen LogP contribution in [0.2, 0.25) is 0 Å². The maximum Gasteiger partial charge on any atom is 0.330 e. The number of ether oxygens (including phenoxy) is 2. The second-order valence-electron chi connectivity index (χ2n) is 3.88. The molecule has 0 bridgehead atoms. The zero-order valence-corrected chi connectivity index (χ0v) is 8.18. The van der Waals surface area contributed by atoms with Gasteiger partial charge in [0.05, 0.1) is 18.9 Å². The third-order valence-electron chi connectivity index (χ3n) is 2.89. The topological polar surface area (TPSA) is 73.3 Å². The first-order valence-electron chi connectivity index (χ1n) is 4.93. The van der Waals surface area contributed by atoms with Crippen LogP contribution < -0.4 is 11.2 Å². The summed E-state index contributed by atoms with van der Waals surface area (Å²) in [5, 5.41) is 0. The Hall–Kier alpha value is -1.47. The number of hydrogen-bond donors (Lipinski definition) is 1. The maximum atomic E-state index is 13.0. The average Bonchev–Trinajstić information content (AvgIpc) is 2.49. The molecule has 0 amide bonds. The summed E-state index contributed by atoms with van der Waals surface area (Å²) < 4.78 is 24.8. The monoisotopic (exact) mass is 228 g/mol. The zero-order valence-electron chi connectivity index (χ0n) is 8.18. The second-order valence-corrected chi connectivity index (χ2v) is 3.88. The van der Waals surface area contributed by atoms with E-state index < -0.39 is 23.3 Å². The molecule has 3 atom stereocenters. The number of H-pyrrole nitrogens is 1. The molecule has 3 rings (SSSR count). The van der Waals surface area contributed by atoms with E-state index in [9.17, 15) is 14.0 Å². The van der Waals surface area contributed by atoms with Crippen LogP contribution in [0.4, 0.5) is 4.39 Å². The molecule has 6 nitrogen and oxygen atoms in total. The fourth-order valence-corrected chi connectivity index (χ4v) is 1.97. The minimum atomic E-state index is -1.02. The van der Waals surface area contributed by atoms with Crippen molar-refractivity contribution in [2.75, 3.05) is 6.61 Å². The molecule has 1 aromatic rings. The van der Waals surface area contributed by atoms with Gasteiger partial charge in [-0.2, -0.15) is 4.39 Å². The normalized spacial score (nSPS) is 32.2. The van der Waals surface area contributed by atoms with Gasteiger partial charge in [0.1, 0.15) is 12.3 Å². The summed E-state index contributed by atoms with van der Waals surface area (Å²) in [6.45, 7) is 0.502. The van der Waals surface area contributed by atoms with Gasteiger partial charge in [0.2, 0.25) is 5.82 Å².